The Bertz CT molecular complexity index is 434. The standard InChI is InChI=1S/C16H23BrN2O/c1-3-15(4-2)18-9-11-19(12-10-18)16(20)13-5-7-14(17)8-6-13/h5-8,15H,3-4,9-12H2,1-2H3. The summed E-state index contributed by atoms with van der Waals surface area (Å²) >= 11 is 3.40. The molecular formula is C16H23BrN2O. The summed E-state index contributed by atoms with van der Waals surface area (Å²) in [5, 5.41) is 0. The number of hydrogen-bond acceptors (Lipinski definition) is 2. The van der Waals surface area contributed by atoms with E-state index in [9.17, 15) is 4.79 Å². The molecule has 1 aromatic carbocycles. The van der Waals surface area contributed by atoms with Crippen LogP contribution in [0.4, 0.5) is 0 Å². The van der Waals surface area contributed by atoms with E-state index < -0.39 is 0 Å². The van der Waals surface area contributed by atoms with Crippen LogP contribution in [0, 0.1) is 0 Å². The maximum Gasteiger partial charge on any atom is 0.253 e. The van der Waals surface area contributed by atoms with Crippen molar-refractivity contribution in [2.75, 3.05) is 26.2 Å². The third-order valence-electron chi connectivity index (χ3n) is 4.15. The van der Waals surface area contributed by atoms with Gasteiger partial charge in [-0.2, -0.15) is 0 Å². The Morgan fingerprint density at radius 2 is 1.65 bits per heavy atom. The summed E-state index contributed by atoms with van der Waals surface area (Å²) in [5.41, 5.74) is 0.782. The quantitative estimate of drug-likeness (QED) is 0.839. The molecule has 110 valence electrons. The molecule has 4 heteroatoms. The lowest BCUT2D eigenvalue weighted by Crippen LogP contribution is -2.51. The zero-order chi connectivity index (χ0) is 14.5. The molecule has 20 heavy (non-hydrogen) atoms. The van der Waals surface area contributed by atoms with Crippen molar-refractivity contribution < 1.29 is 4.79 Å². The summed E-state index contributed by atoms with van der Waals surface area (Å²) in [6.07, 6.45) is 2.38. The topological polar surface area (TPSA) is 23.6 Å². The second-order valence-corrected chi connectivity index (χ2v) is 6.22. The van der Waals surface area contributed by atoms with Gasteiger partial charge in [-0.1, -0.05) is 29.8 Å². The monoisotopic (exact) mass is 338 g/mol. The van der Waals surface area contributed by atoms with Crippen molar-refractivity contribution in [1.29, 1.82) is 0 Å². The van der Waals surface area contributed by atoms with Crippen molar-refractivity contribution in [1.82, 2.24) is 9.80 Å². The SMILES string of the molecule is CCC(CC)N1CCN(C(=O)c2ccc(Br)cc2)CC1. The van der Waals surface area contributed by atoms with Crippen LogP contribution in [0.1, 0.15) is 37.0 Å². The highest BCUT2D eigenvalue weighted by atomic mass is 79.9. The molecule has 0 radical (unpaired) electrons. The van der Waals surface area contributed by atoms with E-state index in [-0.39, 0.29) is 5.91 Å². The number of rotatable bonds is 4. The summed E-state index contributed by atoms with van der Waals surface area (Å²) in [4.78, 5) is 16.9. The van der Waals surface area contributed by atoms with Gasteiger partial charge in [-0.25, -0.2) is 0 Å². The highest BCUT2D eigenvalue weighted by molar-refractivity contribution is 9.10. The Balaban J connectivity index is 1.93. The summed E-state index contributed by atoms with van der Waals surface area (Å²) in [5.74, 6) is 0.154. The van der Waals surface area contributed by atoms with Gasteiger partial charge in [0.2, 0.25) is 0 Å². The van der Waals surface area contributed by atoms with Crippen molar-refractivity contribution in [2.45, 2.75) is 32.7 Å². The van der Waals surface area contributed by atoms with E-state index in [2.05, 4.69) is 34.7 Å². The largest absolute Gasteiger partial charge is 0.336 e. The smallest absolute Gasteiger partial charge is 0.253 e. The third-order valence-corrected chi connectivity index (χ3v) is 4.68. The fourth-order valence-electron chi connectivity index (χ4n) is 2.87. The zero-order valence-corrected chi connectivity index (χ0v) is 13.9. The van der Waals surface area contributed by atoms with Gasteiger partial charge in [0.25, 0.3) is 5.91 Å². The van der Waals surface area contributed by atoms with E-state index in [4.69, 9.17) is 0 Å². The van der Waals surface area contributed by atoms with Crippen LogP contribution in [0.2, 0.25) is 0 Å². The molecule has 1 amide bonds. The Labute approximate surface area is 130 Å². The molecule has 0 aliphatic carbocycles. The van der Waals surface area contributed by atoms with Gasteiger partial charge < -0.3 is 4.90 Å². The fourth-order valence-corrected chi connectivity index (χ4v) is 3.13. The molecule has 1 aliphatic rings. The first-order valence-corrected chi connectivity index (χ1v) is 8.23. The number of carbonyl (C=O) groups excluding carboxylic acids is 1. The van der Waals surface area contributed by atoms with Gasteiger partial charge in [-0.3, -0.25) is 9.69 Å². The van der Waals surface area contributed by atoms with Crippen LogP contribution < -0.4 is 0 Å². The normalized spacial score (nSPS) is 16.7. The minimum atomic E-state index is 0.154. The average molecular weight is 339 g/mol. The summed E-state index contributed by atoms with van der Waals surface area (Å²) in [7, 11) is 0. The first kappa shape index (κ1) is 15.5. The Morgan fingerprint density at radius 3 is 2.15 bits per heavy atom. The first-order valence-electron chi connectivity index (χ1n) is 7.44. The van der Waals surface area contributed by atoms with E-state index in [1.54, 1.807) is 0 Å². The second kappa shape index (κ2) is 7.23. The molecule has 0 unspecified atom stereocenters. The average Bonchev–Trinajstić information content (AvgIpc) is 2.49. The van der Waals surface area contributed by atoms with E-state index >= 15 is 0 Å². The number of nitrogens with zero attached hydrogens (tertiary/aromatic N) is 2. The summed E-state index contributed by atoms with van der Waals surface area (Å²) in [6.45, 7) is 8.15. The highest BCUT2D eigenvalue weighted by Gasteiger charge is 2.24. The molecule has 0 aromatic heterocycles. The van der Waals surface area contributed by atoms with E-state index in [0.29, 0.717) is 6.04 Å². The van der Waals surface area contributed by atoms with Crippen LogP contribution in [0.15, 0.2) is 28.7 Å². The summed E-state index contributed by atoms with van der Waals surface area (Å²) < 4.78 is 1.01. The lowest BCUT2D eigenvalue weighted by molar-refractivity contribution is 0.0559. The molecule has 0 saturated carbocycles. The Hall–Kier alpha value is -0.870. The molecule has 3 nitrogen and oxygen atoms in total. The predicted octanol–water partition coefficient (Wildman–Crippen LogP) is 3.40. The molecule has 0 N–H and O–H groups in total. The molecular weight excluding hydrogens is 316 g/mol. The minimum absolute atomic E-state index is 0.154. The molecule has 2 rings (SSSR count). The number of carbonyl (C=O) groups is 1. The van der Waals surface area contributed by atoms with Gasteiger partial charge in [0.05, 0.1) is 0 Å². The zero-order valence-electron chi connectivity index (χ0n) is 12.3. The predicted molar refractivity (Wildman–Crippen MR) is 86.0 cm³/mol. The Morgan fingerprint density at radius 1 is 1.10 bits per heavy atom. The van der Waals surface area contributed by atoms with E-state index in [1.807, 2.05) is 29.2 Å². The number of benzene rings is 1. The maximum absolute atomic E-state index is 12.4. The number of halogens is 1. The molecule has 1 saturated heterocycles. The minimum Gasteiger partial charge on any atom is -0.336 e. The molecule has 1 aliphatic heterocycles. The van der Waals surface area contributed by atoms with Crippen molar-refractivity contribution in [3.05, 3.63) is 34.3 Å². The molecule has 0 atom stereocenters. The van der Waals surface area contributed by atoms with Gasteiger partial charge in [0.1, 0.15) is 0 Å². The lowest BCUT2D eigenvalue weighted by Gasteiger charge is -2.38. The molecule has 0 bridgehead atoms. The van der Waals surface area contributed by atoms with Crippen molar-refractivity contribution >= 4 is 21.8 Å². The van der Waals surface area contributed by atoms with Crippen LogP contribution in [0.5, 0.6) is 0 Å². The van der Waals surface area contributed by atoms with Crippen molar-refractivity contribution in [3.8, 4) is 0 Å². The lowest BCUT2D eigenvalue weighted by atomic mass is 10.1. The van der Waals surface area contributed by atoms with E-state index in [1.165, 1.54) is 12.8 Å². The van der Waals surface area contributed by atoms with Gasteiger partial charge >= 0.3 is 0 Å². The van der Waals surface area contributed by atoms with E-state index in [0.717, 1.165) is 36.2 Å². The van der Waals surface area contributed by atoms with Crippen LogP contribution >= 0.6 is 15.9 Å². The van der Waals surface area contributed by atoms with Gasteiger partial charge in [0.15, 0.2) is 0 Å². The Kier molecular flexibility index (Phi) is 5.61. The molecule has 1 aromatic rings. The maximum atomic E-state index is 12.4. The van der Waals surface area contributed by atoms with Crippen LogP contribution in [0.3, 0.4) is 0 Å². The number of hydrogen-bond donors (Lipinski definition) is 0. The van der Waals surface area contributed by atoms with Gasteiger partial charge in [0, 0.05) is 42.3 Å². The van der Waals surface area contributed by atoms with Crippen LogP contribution in [-0.2, 0) is 0 Å². The molecule has 1 heterocycles. The third kappa shape index (κ3) is 3.61. The van der Waals surface area contributed by atoms with Crippen LogP contribution in [-0.4, -0.2) is 47.9 Å². The van der Waals surface area contributed by atoms with Crippen molar-refractivity contribution in [2.24, 2.45) is 0 Å². The van der Waals surface area contributed by atoms with Gasteiger partial charge in [-0.15, -0.1) is 0 Å². The second-order valence-electron chi connectivity index (χ2n) is 5.31. The first-order chi connectivity index (χ1) is 9.65. The number of piperazine rings is 1. The highest BCUT2D eigenvalue weighted by Crippen LogP contribution is 2.16. The van der Waals surface area contributed by atoms with Crippen molar-refractivity contribution in [3.63, 3.8) is 0 Å². The summed E-state index contributed by atoms with van der Waals surface area (Å²) in [6, 6.07) is 8.29. The molecule has 0 spiro atoms. The van der Waals surface area contributed by atoms with Crippen LogP contribution in [0.25, 0.3) is 0 Å². The number of amides is 1. The fraction of sp³-hybridized carbons (Fsp3) is 0.562. The molecule has 1 fully saturated rings. The van der Waals surface area contributed by atoms with Gasteiger partial charge in [-0.05, 0) is 37.1 Å².